The van der Waals surface area contributed by atoms with Crippen molar-refractivity contribution in [2.24, 2.45) is 0 Å². The number of hydrogen-bond donors (Lipinski definition) is 0. The number of rotatable bonds is 0. The van der Waals surface area contributed by atoms with E-state index in [-0.39, 0.29) is 31.0 Å². The summed E-state index contributed by atoms with van der Waals surface area (Å²) in [6, 6.07) is 4.17. The third-order valence-electron chi connectivity index (χ3n) is 0.425. The van der Waals surface area contributed by atoms with Crippen LogP contribution in [0.3, 0.4) is 0 Å². The fourth-order valence-electron chi connectivity index (χ4n) is 0.227. The zero-order valence-corrected chi connectivity index (χ0v) is 7.43. The zero-order chi connectivity index (χ0) is 3.54. The molecule has 0 N–H and O–H groups in total. The summed E-state index contributed by atoms with van der Waals surface area (Å²) < 4.78 is 0. The van der Waals surface area contributed by atoms with Crippen molar-refractivity contribution >= 4 is 14.5 Å². The fourth-order valence-corrected chi connectivity index (χ4v) is 1.18. The molecule has 0 saturated heterocycles. The predicted molar refractivity (Wildman–Crippen MR) is 24.5 cm³/mol. The van der Waals surface area contributed by atoms with E-state index in [0.717, 1.165) is 0 Å². The molecule has 0 aliphatic heterocycles. The minimum absolute atomic E-state index is 0. The Labute approximate surface area is 67.1 Å². The van der Waals surface area contributed by atoms with Gasteiger partial charge in [-0.15, -0.1) is 0 Å². The quantitative estimate of drug-likeness (QED) is 0.375. The van der Waals surface area contributed by atoms with Gasteiger partial charge in [0.1, 0.15) is 0 Å². The first-order valence-electron chi connectivity index (χ1n) is 1.47. The summed E-state index contributed by atoms with van der Waals surface area (Å²) >= 11 is 0.708. The standard InChI is InChI=1S/C4H4Se.Na.H/c1-2-4-5-3-1;;/h1-4H;;/q;+1;-1. The van der Waals surface area contributed by atoms with Crippen LogP contribution in [0, 0.1) is 0 Å². The van der Waals surface area contributed by atoms with E-state index in [1.54, 1.807) is 0 Å². The summed E-state index contributed by atoms with van der Waals surface area (Å²) in [5.41, 5.74) is 0. The second kappa shape index (κ2) is 4.17. The van der Waals surface area contributed by atoms with E-state index >= 15 is 0 Å². The van der Waals surface area contributed by atoms with Crippen LogP contribution in [0.1, 0.15) is 1.43 Å². The molecule has 0 unspecified atom stereocenters. The summed E-state index contributed by atoms with van der Waals surface area (Å²) in [5, 5.41) is 0. The normalized spacial score (nSPS) is 6.67. The van der Waals surface area contributed by atoms with Crippen LogP contribution in [0.2, 0.25) is 0 Å². The molecular weight excluding hydrogens is 150 g/mol. The average Bonchev–Trinajstić information content (AvgIpc) is 1.76. The Morgan fingerprint density at radius 3 is 1.83 bits per heavy atom. The van der Waals surface area contributed by atoms with Gasteiger partial charge in [-0.2, -0.15) is 0 Å². The third-order valence-corrected chi connectivity index (χ3v) is 1.74. The maximum absolute atomic E-state index is 2.19. The van der Waals surface area contributed by atoms with Gasteiger partial charge >= 0.3 is 66.1 Å². The molecule has 0 bridgehead atoms. The first-order chi connectivity index (χ1) is 2.50. The van der Waals surface area contributed by atoms with Crippen LogP contribution in [0.25, 0.3) is 0 Å². The van der Waals surface area contributed by atoms with Gasteiger partial charge in [0.15, 0.2) is 0 Å². The Kier molecular flexibility index (Phi) is 4.86. The first-order valence-corrected chi connectivity index (χ1v) is 3.45. The van der Waals surface area contributed by atoms with Crippen molar-refractivity contribution in [3.63, 3.8) is 0 Å². The molecule has 28 valence electrons. The topological polar surface area (TPSA) is 0 Å². The van der Waals surface area contributed by atoms with Crippen LogP contribution >= 0.6 is 0 Å². The molecule has 0 fully saturated rings. The molecule has 0 aromatic carbocycles. The molecule has 1 heterocycles. The van der Waals surface area contributed by atoms with Gasteiger partial charge in [-0.3, -0.25) is 0 Å². The molecule has 0 aliphatic rings. The SMILES string of the molecule is [H-].[Na+].c1cc[se]c1. The molecule has 0 aliphatic carbocycles. The van der Waals surface area contributed by atoms with Crippen molar-refractivity contribution in [2.45, 2.75) is 0 Å². The Morgan fingerprint density at radius 1 is 1.17 bits per heavy atom. The van der Waals surface area contributed by atoms with E-state index in [9.17, 15) is 0 Å². The van der Waals surface area contributed by atoms with Crippen molar-refractivity contribution in [1.82, 2.24) is 0 Å². The van der Waals surface area contributed by atoms with E-state index in [1.807, 2.05) is 0 Å². The van der Waals surface area contributed by atoms with Crippen molar-refractivity contribution < 1.29 is 31.0 Å². The molecule has 0 atom stereocenters. The second-order valence-electron chi connectivity index (χ2n) is 0.793. The van der Waals surface area contributed by atoms with Gasteiger partial charge in [0, 0.05) is 0 Å². The molecule has 6 heavy (non-hydrogen) atoms. The molecule has 0 saturated carbocycles. The zero-order valence-electron chi connectivity index (χ0n) is 4.72. The molecule has 0 amide bonds. The van der Waals surface area contributed by atoms with Crippen LogP contribution in [-0.2, 0) is 0 Å². The maximum atomic E-state index is 2.19. The minimum atomic E-state index is 0. The van der Waals surface area contributed by atoms with Gasteiger partial charge in [0.25, 0.3) is 0 Å². The van der Waals surface area contributed by atoms with Crippen molar-refractivity contribution in [2.75, 3.05) is 0 Å². The van der Waals surface area contributed by atoms with Gasteiger partial charge in [-0.1, -0.05) is 0 Å². The van der Waals surface area contributed by atoms with Gasteiger partial charge in [-0.25, -0.2) is 0 Å². The second-order valence-corrected chi connectivity index (χ2v) is 2.51. The molecule has 0 spiro atoms. The molecule has 0 radical (unpaired) electrons. The summed E-state index contributed by atoms with van der Waals surface area (Å²) in [5.74, 6) is 0. The fraction of sp³-hybridized carbons (Fsp3) is 0. The van der Waals surface area contributed by atoms with Gasteiger partial charge in [-0.05, 0) is 0 Å². The number of hydrogen-bond acceptors (Lipinski definition) is 0. The third kappa shape index (κ3) is 2.22. The Hall–Kier alpha value is 0.999. The molecule has 0 nitrogen and oxygen atoms in total. The molecule has 1 rings (SSSR count). The molecule has 1 aromatic rings. The van der Waals surface area contributed by atoms with Crippen LogP contribution in [0.15, 0.2) is 22.0 Å². The average molecular weight is 155 g/mol. The van der Waals surface area contributed by atoms with Gasteiger partial charge in [0.05, 0.1) is 0 Å². The van der Waals surface area contributed by atoms with E-state index in [2.05, 4.69) is 22.0 Å². The van der Waals surface area contributed by atoms with Gasteiger partial charge < -0.3 is 1.43 Å². The Bertz CT molecular complexity index is 68.2. The summed E-state index contributed by atoms with van der Waals surface area (Å²) in [4.78, 5) is 4.38. The van der Waals surface area contributed by atoms with Crippen LogP contribution in [-0.4, -0.2) is 14.5 Å². The van der Waals surface area contributed by atoms with Crippen molar-refractivity contribution in [3.05, 3.63) is 22.0 Å². The predicted octanol–water partition coefficient (Wildman–Crippen LogP) is -2.14. The van der Waals surface area contributed by atoms with E-state index in [0.29, 0.717) is 14.5 Å². The molecular formula is C4H5NaSe. The van der Waals surface area contributed by atoms with Crippen molar-refractivity contribution in [1.29, 1.82) is 0 Å². The monoisotopic (exact) mass is 156 g/mol. The Morgan fingerprint density at radius 2 is 1.67 bits per heavy atom. The van der Waals surface area contributed by atoms with Gasteiger partial charge in [0.2, 0.25) is 0 Å². The van der Waals surface area contributed by atoms with E-state index < -0.39 is 0 Å². The Balaban J connectivity index is 0. The molecule has 2 heteroatoms. The summed E-state index contributed by atoms with van der Waals surface area (Å²) in [6.07, 6.45) is 0. The first kappa shape index (κ1) is 7.00. The van der Waals surface area contributed by atoms with Crippen LogP contribution < -0.4 is 29.6 Å². The van der Waals surface area contributed by atoms with Crippen molar-refractivity contribution in [3.8, 4) is 0 Å². The van der Waals surface area contributed by atoms with E-state index in [1.165, 1.54) is 0 Å². The summed E-state index contributed by atoms with van der Waals surface area (Å²) in [6.45, 7) is 0. The van der Waals surface area contributed by atoms with Crippen LogP contribution in [0.4, 0.5) is 0 Å². The van der Waals surface area contributed by atoms with E-state index in [4.69, 9.17) is 0 Å². The molecule has 1 aromatic heterocycles. The summed E-state index contributed by atoms with van der Waals surface area (Å²) in [7, 11) is 0. The van der Waals surface area contributed by atoms with Crippen LogP contribution in [0.5, 0.6) is 0 Å².